The van der Waals surface area contributed by atoms with E-state index in [0.29, 0.717) is 13.1 Å². The average Bonchev–Trinajstić information content (AvgIpc) is 3.12. The highest BCUT2D eigenvalue weighted by atomic mass is 127. The first-order valence-corrected chi connectivity index (χ1v) is 9.36. The van der Waals surface area contributed by atoms with Gasteiger partial charge in [0.2, 0.25) is 0 Å². The predicted octanol–water partition coefficient (Wildman–Crippen LogP) is 4.11. The highest BCUT2D eigenvalue weighted by molar-refractivity contribution is 14.0. The molecule has 0 bridgehead atoms. The van der Waals surface area contributed by atoms with Crippen LogP contribution in [0.1, 0.15) is 29.4 Å². The van der Waals surface area contributed by atoms with Crippen LogP contribution in [-0.4, -0.2) is 22.1 Å². The molecule has 0 fully saturated rings. The van der Waals surface area contributed by atoms with Crippen LogP contribution in [0.25, 0.3) is 0 Å². The number of nitrogens with one attached hydrogen (secondary N) is 2. The Bertz CT molecular complexity index is 873. The number of aromatic nitrogens is 2. The number of hydrogen-bond acceptors (Lipinski definition) is 2. The summed E-state index contributed by atoms with van der Waals surface area (Å²) in [6.45, 7) is 7.07. The lowest BCUT2D eigenvalue weighted by molar-refractivity contribution is 0.688. The quantitative estimate of drug-likeness (QED) is 0.299. The first-order chi connectivity index (χ1) is 13.2. The van der Waals surface area contributed by atoms with Gasteiger partial charge >= 0.3 is 0 Å². The largest absolute Gasteiger partial charge is 0.357 e. The summed E-state index contributed by atoms with van der Waals surface area (Å²) in [6, 6.07) is 18.9. The minimum atomic E-state index is 0. The van der Waals surface area contributed by atoms with Crippen LogP contribution < -0.4 is 10.6 Å². The maximum Gasteiger partial charge on any atom is 0.191 e. The molecule has 2 aromatic carbocycles. The lowest BCUT2D eigenvalue weighted by Crippen LogP contribution is -2.37. The van der Waals surface area contributed by atoms with Crippen LogP contribution in [0.15, 0.2) is 72.0 Å². The Balaban J connectivity index is 0.00000280. The van der Waals surface area contributed by atoms with Gasteiger partial charge in [-0.25, -0.2) is 9.98 Å². The van der Waals surface area contributed by atoms with E-state index in [9.17, 15) is 0 Å². The molecule has 3 rings (SSSR count). The number of nitrogens with zero attached hydrogens (tertiary/aromatic N) is 3. The Labute approximate surface area is 184 Å². The summed E-state index contributed by atoms with van der Waals surface area (Å²) in [5.41, 5.74) is 3.72. The second-order valence-electron chi connectivity index (χ2n) is 6.49. The van der Waals surface area contributed by atoms with Gasteiger partial charge < -0.3 is 15.2 Å². The van der Waals surface area contributed by atoms with Crippen LogP contribution in [0.5, 0.6) is 0 Å². The van der Waals surface area contributed by atoms with E-state index in [4.69, 9.17) is 4.99 Å². The average molecular weight is 489 g/mol. The monoisotopic (exact) mass is 489 g/mol. The first kappa shape index (κ1) is 21.9. The summed E-state index contributed by atoms with van der Waals surface area (Å²) in [5.74, 6) is 1.79. The van der Waals surface area contributed by atoms with E-state index in [1.54, 1.807) is 0 Å². The van der Waals surface area contributed by atoms with E-state index >= 15 is 0 Å². The molecular formula is C22H28IN5. The maximum absolute atomic E-state index is 4.70. The van der Waals surface area contributed by atoms with Crippen molar-refractivity contribution in [2.45, 2.75) is 33.5 Å². The third-order valence-corrected chi connectivity index (χ3v) is 4.26. The zero-order chi connectivity index (χ0) is 18.9. The number of halogens is 1. The number of rotatable bonds is 7. The summed E-state index contributed by atoms with van der Waals surface area (Å²) in [6.07, 6.45) is 3.86. The highest BCUT2D eigenvalue weighted by Gasteiger charge is 2.05. The molecule has 5 nitrogen and oxygen atoms in total. The van der Waals surface area contributed by atoms with Crippen molar-refractivity contribution >= 4 is 29.9 Å². The van der Waals surface area contributed by atoms with Gasteiger partial charge in [-0.2, -0.15) is 0 Å². The molecular weight excluding hydrogens is 461 g/mol. The summed E-state index contributed by atoms with van der Waals surface area (Å²) in [5, 5.41) is 6.69. The maximum atomic E-state index is 4.70. The van der Waals surface area contributed by atoms with Gasteiger partial charge in [0.15, 0.2) is 5.96 Å². The van der Waals surface area contributed by atoms with Gasteiger partial charge in [0.1, 0.15) is 5.82 Å². The van der Waals surface area contributed by atoms with Gasteiger partial charge in [-0.05, 0) is 25.0 Å². The molecule has 3 aromatic rings. The molecule has 28 heavy (non-hydrogen) atoms. The molecule has 0 saturated heterocycles. The molecule has 0 unspecified atom stereocenters. The van der Waals surface area contributed by atoms with Gasteiger partial charge in [0, 0.05) is 25.5 Å². The van der Waals surface area contributed by atoms with Crippen LogP contribution in [0.3, 0.4) is 0 Å². The van der Waals surface area contributed by atoms with E-state index in [1.807, 2.05) is 18.5 Å². The number of guanidine groups is 1. The third-order valence-electron chi connectivity index (χ3n) is 4.26. The SMILES string of the molecule is CCNC(=NCc1cccc(C)c1)NCc1nccn1Cc1ccccc1.I. The van der Waals surface area contributed by atoms with Gasteiger partial charge in [0.05, 0.1) is 13.1 Å². The molecule has 0 aliphatic carbocycles. The van der Waals surface area contributed by atoms with Crippen molar-refractivity contribution in [1.29, 1.82) is 0 Å². The summed E-state index contributed by atoms with van der Waals surface area (Å²) in [4.78, 5) is 9.19. The van der Waals surface area contributed by atoms with E-state index < -0.39 is 0 Å². The molecule has 2 N–H and O–H groups in total. The topological polar surface area (TPSA) is 54.2 Å². The molecule has 0 spiro atoms. The third kappa shape index (κ3) is 6.67. The van der Waals surface area contributed by atoms with E-state index in [2.05, 4.69) is 82.6 Å². The number of aryl methyl sites for hydroxylation is 1. The predicted molar refractivity (Wildman–Crippen MR) is 126 cm³/mol. The van der Waals surface area contributed by atoms with Crippen molar-refractivity contribution < 1.29 is 0 Å². The normalized spacial score (nSPS) is 11.0. The molecule has 0 amide bonds. The minimum Gasteiger partial charge on any atom is -0.357 e. The van der Waals surface area contributed by atoms with Gasteiger partial charge in [-0.3, -0.25) is 0 Å². The number of aliphatic imine (C=N–C) groups is 1. The zero-order valence-corrected chi connectivity index (χ0v) is 18.8. The van der Waals surface area contributed by atoms with E-state index in [0.717, 1.165) is 24.9 Å². The van der Waals surface area contributed by atoms with Crippen molar-refractivity contribution in [2.75, 3.05) is 6.54 Å². The van der Waals surface area contributed by atoms with Gasteiger partial charge in [-0.15, -0.1) is 24.0 Å². The van der Waals surface area contributed by atoms with Gasteiger partial charge in [0.25, 0.3) is 0 Å². The number of benzene rings is 2. The van der Waals surface area contributed by atoms with Crippen LogP contribution in [0.4, 0.5) is 0 Å². The molecule has 1 heterocycles. The summed E-state index contributed by atoms with van der Waals surface area (Å²) < 4.78 is 2.16. The van der Waals surface area contributed by atoms with Crippen molar-refractivity contribution in [3.63, 3.8) is 0 Å². The van der Waals surface area contributed by atoms with Crippen molar-refractivity contribution in [1.82, 2.24) is 20.2 Å². The molecule has 6 heteroatoms. The Morgan fingerprint density at radius 2 is 1.82 bits per heavy atom. The smallest absolute Gasteiger partial charge is 0.191 e. The first-order valence-electron chi connectivity index (χ1n) is 9.36. The standard InChI is InChI=1S/C22H27N5.HI/c1-3-23-22(25-15-20-11-7-8-18(2)14-20)26-16-21-24-12-13-27(21)17-19-9-5-4-6-10-19;/h4-14H,3,15-17H2,1-2H3,(H2,23,25,26);1H. The molecule has 148 valence electrons. The van der Waals surface area contributed by atoms with E-state index in [1.165, 1.54) is 16.7 Å². The van der Waals surface area contributed by atoms with Crippen LogP contribution in [-0.2, 0) is 19.6 Å². The van der Waals surface area contributed by atoms with Crippen LogP contribution in [0, 0.1) is 6.92 Å². The summed E-state index contributed by atoms with van der Waals surface area (Å²) in [7, 11) is 0. The molecule has 0 aliphatic heterocycles. The lowest BCUT2D eigenvalue weighted by Gasteiger charge is -2.13. The van der Waals surface area contributed by atoms with Crippen molar-refractivity contribution in [2.24, 2.45) is 4.99 Å². The molecule has 0 atom stereocenters. The molecule has 0 radical (unpaired) electrons. The fraction of sp³-hybridized carbons (Fsp3) is 0.273. The lowest BCUT2D eigenvalue weighted by atomic mass is 10.1. The number of hydrogen-bond donors (Lipinski definition) is 2. The fourth-order valence-electron chi connectivity index (χ4n) is 2.92. The van der Waals surface area contributed by atoms with Crippen molar-refractivity contribution in [3.8, 4) is 0 Å². The van der Waals surface area contributed by atoms with E-state index in [-0.39, 0.29) is 24.0 Å². The zero-order valence-electron chi connectivity index (χ0n) is 16.4. The Kier molecular flexibility index (Phi) is 9.00. The Hall–Kier alpha value is -2.35. The molecule has 1 aromatic heterocycles. The second-order valence-corrected chi connectivity index (χ2v) is 6.49. The summed E-state index contributed by atoms with van der Waals surface area (Å²) >= 11 is 0. The van der Waals surface area contributed by atoms with Gasteiger partial charge in [-0.1, -0.05) is 60.2 Å². The molecule has 0 aliphatic rings. The highest BCUT2D eigenvalue weighted by Crippen LogP contribution is 2.06. The van der Waals surface area contributed by atoms with Crippen LogP contribution >= 0.6 is 24.0 Å². The minimum absolute atomic E-state index is 0. The second kappa shape index (κ2) is 11.5. The van der Waals surface area contributed by atoms with Crippen molar-refractivity contribution in [3.05, 3.63) is 89.5 Å². The Morgan fingerprint density at radius 1 is 1.04 bits per heavy atom. The number of imidazole rings is 1. The fourth-order valence-corrected chi connectivity index (χ4v) is 2.92. The Morgan fingerprint density at radius 3 is 2.57 bits per heavy atom. The molecule has 0 saturated carbocycles. The van der Waals surface area contributed by atoms with Crippen LogP contribution in [0.2, 0.25) is 0 Å².